The number of hydrogen-bond donors (Lipinski definition) is 1. The number of amides is 1. The molecule has 2 saturated carbocycles. The number of carbonyl (C=O) groups excluding carboxylic acids is 2. The van der Waals surface area contributed by atoms with Gasteiger partial charge >= 0.3 is 0 Å². The second-order valence-electron chi connectivity index (χ2n) is 8.91. The zero-order chi connectivity index (χ0) is 22.3. The van der Waals surface area contributed by atoms with Crippen LogP contribution >= 0.6 is 11.6 Å². The van der Waals surface area contributed by atoms with Crippen LogP contribution in [0.1, 0.15) is 61.1 Å². The highest BCUT2D eigenvalue weighted by molar-refractivity contribution is 6.31. The van der Waals surface area contributed by atoms with Gasteiger partial charge in [-0.15, -0.1) is 0 Å². The van der Waals surface area contributed by atoms with E-state index in [-0.39, 0.29) is 35.3 Å². The molecule has 3 aromatic rings. The monoisotopic (exact) mass is 450 g/mol. The fourth-order valence-corrected chi connectivity index (χ4v) is 3.80. The van der Waals surface area contributed by atoms with Gasteiger partial charge < -0.3 is 9.84 Å². The summed E-state index contributed by atoms with van der Waals surface area (Å²) in [7, 11) is 0. The van der Waals surface area contributed by atoms with Gasteiger partial charge in [-0.3, -0.25) is 9.59 Å². The number of nitrogens with zero attached hydrogens (tertiary/aromatic N) is 3. The second-order valence-corrected chi connectivity index (χ2v) is 9.31. The van der Waals surface area contributed by atoms with Crippen LogP contribution in [0, 0.1) is 5.92 Å². The molecule has 0 unspecified atom stereocenters. The highest BCUT2D eigenvalue weighted by Gasteiger charge is 2.44. The molecule has 1 aromatic carbocycles. The molecule has 1 N–H and O–H groups in total. The Bertz CT molecular complexity index is 1200. The number of pyridine rings is 1. The summed E-state index contributed by atoms with van der Waals surface area (Å²) in [5, 5.41) is 7.29. The average molecular weight is 451 g/mol. The van der Waals surface area contributed by atoms with E-state index in [0.717, 1.165) is 42.4 Å². The number of aryl methyl sites for hydroxylation is 1. The number of rotatable bonds is 8. The Morgan fingerprint density at radius 3 is 2.69 bits per heavy atom. The number of benzene rings is 1. The summed E-state index contributed by atoms with van der Waals surface area (Å²) in [6.45, 7) is 2.06. The summed E-state index contributed by atoms with van der Waals surface area (Å²) in [5.74, 6) is 1.20. The van der Waals surface area contributed by atoms with E-state index >= 15 is 0 Å². The normalized spacial score (nSPS) is 16.6. The van der Waals surface area contributed by atoms with Crippen molar-refractivity contribution in [3.05, 3.63) is 58.8 Å². The lowest BCUT2D eigenvalue weighted by Crippen LogP contribution is -2.14. The zero-order valence-corrected chi connectivity index (χ0v) is 18.5. The first-order valence-electron chi connectivity index (χ1n) is 10.8. The van der Waals surface area contributed by atoms with Gasteiger partial charge in [0.05, 0.1) is 0 Å². The fraction of sp³-hybridized carbons (Fsp3) is 0.375. The molecule has 164 valence electrons. The Balaban J connectivity index is 1.24. The van der Waals surface area contributed by atoms with Crippen LogP contribution in [0.2, 0.25) is 5.02 Å². The average Bonchev–Trinajstić information content (AvgIpc) is 3.71. The minimum atomic E-state index is -0.158. The van der Waals surface area contributed by atoms with Crippen LogP contribution in [-0.4, -0.2) is 26.8 Å². The maximum atomic E-state index is 12.5. The zero-order valence-electron chi connectivity index (χ0n) is 17.7. The third-order valence-corrected chi connectivity index (χ3v) is 6.51. The summed E-state index contributed by atoms with van der Waals surface area (Å²) in [4.78, 5) is 33.0. The summed E-state index contributed by atoms with van der Waals surface area (Å²) in [5.41, 5.74) is 2.63. The molecule has 7 nitrogen and oxygen atoms in total. The van der Waals surface area contributed by atoms with E-state index in [1.165, 1.54) is 0 Å². The predicted molar refractivity (Wildman–Crippen MR) is 120 cm³/mol. The fourth-order valence-electron chi connectivity index (χ4n) is 3.53. The first-order chi connectivity index (χ1) is 15.4. The Kier molecular flexibility index (Phi) is 5.29. The van der Waals surface area contributed by atoms with E-state index < -0.39 is 0 Å². The molecule has 8 heteroatoms. The van der Waals surface area contributed by atoms with Crippen molar-refractivity contribution in [1.29, 1.82) is 0 Å². The molecule has 2 aliphatic carbocycles. The van der Waals surface area contributed by atoms with Crippen LogP contribution in [0.4, 0.5) is 5.82 Å². The minimum absolute atomic E-state index is 0.0210. The molecule has 2 fully saturated rings. The second kappa shape index (κ2) is 8.13. The molecule has 0 aliphatic heterocycles. The van der Waals surface area contributed by atoms with Crippen LogP contribution in [0.15, 0.2) is 41.1 Å². The highest BCUT2D eigenvalue weighted by Crippen LogP contribution is 2.46. The smallest absolute Gasteiger partial charge is 0.238 e. The van der Waals surface area contributed by atoms with Crippen molar-refractivity contribution in [2.24, 2.45) is 5.92 Å². The van der Waals surface area contributed by atoms with Gasteiger partial charge in [-0.25, -0.2) is 4.98 Å². The van der Waals surface area contributed by atoms with Gasteiger partial charge in [0.15, 0.2) is 0 Å². The van der Waals surface area contributed by atoms with Gasteiger partial charge in [-0.05, 0) is 67.0 Å². The van der Waals surface area contributed by atoms with Crippen LogP contribution in [0.3, 0.4) is 0 Å². The molecule has 0 bridgehead atoms. The molecule has 32 heavy (non-hydrogen) atoms. The first-order valence-corrected chi connectivity index (χ1v) is 11.2. The number of hydrogen-bond acceptors (Lipinski definition) is 6. The number of anilines is 1. The number of Topliss-reactive ketones (excluding diaryl/α,β-unsaturated/α-hetero) is 1. The Hall–Kier alpha value is -3.06. The predicted octanol–water partition coefficient (Wildman–Crippen LogP) is 5.00. The maximum Gasteiger partial charge on any atom is 0.238 e. The number of aromatic nitrogens is 3. The van der Waals surface area contributed by atoms with Crippen molar-refractivity contribution in [1.82, 2.24) is 15.1 Å². The van der Waals surface area contributed by atoms with Crippen LogP contribution < -0.4 is 5.32 Å². The van der Waals surface area contributed by atoms with E-state index in [1.807, 2.05) is 30.3 Å². The first kappa shape index (κ1) is 20.8. The van der Waals surface area contributed by atoms with E-state index in [1.54, 1.807) is 6.20 Å². The standard InChI is InChI=1S/C24H23ClN4O3/c1-24(9-10-24)23-28-21(29-32-23)19(30)7-6-14-2-5-16(12-18(14)25)17-8-11-26-20(13-17)27-22(31)15-3-4-15/h2,5,8,11-13,15H,3-4,6-7,9-10H2,1H3,(H,26,27,31). The van der Waals surface area contributed by atoms with Crippen molar-refractivity contribution >= 4 is 29.1 Å². The van der Waals surface area contributed by atoms with Crippen molar-refractivity contribution in [2.75, 3.05) is 5.32 Å². The maximum absolute atomic E-state index is 12.5. The van der Waals surface area contributed by atoms with Crippen LogP contribution in [-0.2, 0) is 16.6 Å². The van der Waals surface area contributed by atoms with Crippen molar-refractivity contribution < 1.29 is 14.1 Å². The van der Waals surface area contributed by atoms with Gasteiger partial charge in [0.2, 0.25) is 23.4 Å². The van der Waals surface area contributed by atoms with Crippen molar-refractivity contribution in [2.45, 2.75) is 50.9 Å². The van der Waals surface area contributed by atoms with E-state index in [4.69, 9.17) is 16.1 Å². The largest absolute Gasteiger partial charge is 0.338 e. The highest BCUT2D eigenvalue weighted by atomic mass is 35.5. The molecule has 2 heterocycles. The van der Waals surface area contributed by atoms with Crippen LogP contribution in [0.25, 0.3) is 11.1 Å². The molecule has 0 saturated heterocycles. The molecule has 5 rings (SSSR count). The van der Waals surface area contributed by atoms with Crippen molar-refractivity contribution in [3.8, 4) is 11.1 Å². The molecule has 1 amide bonds. The van der Waals surface area contributed by atoms with E-state index in [0.29, 0.717) is 23.2 Å². The Morgan fingerprint density at radius 2 is 1.97 bits per heavy atom. The summed E-state index contributed by atoms with van der Waals surface area (Å²) >= 11 is 6.51. The molecular formula is C24H23ClN4O3. The Labute approximate surface area is 190 Å². The third kappa shape index (κ3) is 4.43. The van der Waals surface area contributed by atoms with Gasteiger partial charge in [-0.2, -0.15) is 4.98 Å². The SMILES string of the molecule is CC1(c2nc(C(=O)CCc3ccc(-c4ccnc(NC(=O)C5CC5)c4)cc3Cl)no2)CC1. The summed E-state index contributed by atoms with van der Waals surface area (Å²) in [6, 6.07) is 9.44. The molecule has 2 aliphatic rings. The van der Waals surface area contributed by atoms with E-state index in [2.05, 4.69) is 27.4 Å². The van der Waals surface area contributed by atoms with Crippen LogP contribution in [0.5, 0.6) is 0 Å². The lowest BCUT2D eigenvalue weighted by Gasteiger charge is -2.09. The molecular weight excluding hydrogens is 428 g/mol. The minimum Gasteiger partial charge on any atom is -0.338 e. The number of halogens is 1. The molecule has 0 radical (unpaired) electrons. The quantitative estimate of drug-likeness (QED) is 0.485. The number of carbonyl (C=O) groups is 2. The van der Waals surface area contributed by atoms with Gasteiger partial charge in [0, 0.05) is 29.0 Å². The topological polar surface area (TPSA) is 98.0 Å². The summed E-state index contributed by atoms with van der Waals surface area (Å²) < 4.78 is 5.26. The lowest BCUT2D eigenvalue weighted by molar-refractivity contribution is -0.117. The molecule has 2 aromatic heterocycles. The Morgan fingerprint density at radius 1 is 1.19 bits per heavy atom. The van der Waals surface area contributed by atoms with Gasteiger partial charge in [-0.1, -0.05) is 35.8 Å². The lowest BCUT2D eigenvalue weighted by atomic mass is 10.0. The molecule has 0 spiro atoms. The van der Waals surface area contributed by atoms with E-state index in [9.17, 15) is 9.59 Å². The van der Waals surface area contributed by atoms with Crippen molar-refractivity contribution in [3.63, 3.8) is 0 Å². The summed E-state index contributed by atoms with van der Waals surface area (Å²) in [6.07, 6.45) is 6.31. The van der Waals surface area contributed by atoms with Gasteiger partial charge in [0.1, 0.15) is 5.82 Å². The third-order valence-electron chi connectivity index (χ3n) is 6.16. The van der Waals surface area contributed by atoms with Gasteiger partial charge in [0.25, 0.3) is 0 Å². The molecule has 0 atom stereocenters. The number of nitrogens with one attached hydrogen (secondary N) is 1. The number of ketones is 1.